The third-order valence-electron chi connectivity index (χ3n) is 4.22. The van der Waals surface area contributed by atoms with Crippen LogP contribution in [0.5, 0.6) is 0 Å². The third-order valence-corrected chi connectivity index (χ3v) is 5.23. The van der Waals surface area contributed by atoms with E-state index < -0.39 is 9.84 Å². The molecular weight excluding hydrogens is 374 g/mol. The van der Waals surface area contributed by atoms with Crippen molar-refractivity contribution in [1.29, 1.82) is 5.26 Å². The maximum Gasteiger partial charge on any atom is 0.185 e. The number of furan rings is 1. The van der Waals surface area contributed by atoms with Crippen LogP contribution in [0.3, 0.4) is 0 Å². The van der Waals surface area contributed by atoms with E-state index in [1.165, 1.54) is 6.08 Å². The molecule has 0 atom stereocenters. The lowest BCUT2D eigenvalue weighted by Crippen LogP contribution is -1.98. The van der Waals surface area contributed by atoms with Crippen molar-refractivity contribution in [1.82, 2.24) is 9.78 Å². The first-order valence-electron chi connectivity index (χ1n) is 8.41. The molecule has 0 saturated carbocycles. The van der Waals surface area contributed by atoms with Crippen molar-refractivity contribution in [3.8, 4) is 23.2 Å². The summed E-state index contributed by atoms with van der Waals surface area (Å²) in [7, 11) is -3.66. The number of sulfone groups is 1. The maximum absolute atomic E-state index is 11.9. The van der Waals surface area contributed by atoms with Crippen LogP contribution in [-0.2, 0) is 9.84 Å². The van der Waals surface area contributed by atoms with Crippen LogP contribution in [0, 0.1) is 11.3 Å². The van der Waals surface area contributed by atoms with Crippen molar-refractivity contribution in [3.05, 3.63) is 77.3 Å². The van der Waals surface area contributed by atoms with Gasteiger partial charge in [0, 0.05) is 23.4 Å². The lowest BCUT2D eigenvalue weighted by atomic mass is 10.2. The number of nitrogens with zero attached hydrogens (tertiary/aromatic N) is 3. The van der Waals surface area contributed by atoms with Gasteiger partial charge in [-0.3, -0.25) is 0 Å². The SMILES string of the molecule is CS(=O)(=O)/C(C#N)=C/c1cn(-c2ccccc2)nc1-c1cc2ccccc2o1. The molecule has 0 saturated heterocycles. The molecule has 0 aliphatic heterocycles. The van der Waals surface area contributed by atoms with Gasteiger partial charge >= 0.3 is 0 Å². The Labute approximate surface area is 161 Å². The topological polar surface area (TPSA) is 88.9 Å². The van der Waals surface area contributed by atoms with E-state index in [1.807, 2.05) is 60.7 Å². The molecule has 0 N–H and O–H groups in total. The number of aromatic nitrogens is 2. The number of fused-ring (bicyclic) bond motifs is 1. The summed E-state index contributed by atoms with van der Waals surface area (Å²) in [6.07, 6.45) is 4.01. The molecule has 2 heterocycles. The van der Waals surface area contributed by atoms with Crippen LogP contribution < -0.4 is 0 Å². The van der Waals surface area contributed by atoms with Gasteiger partial charge in [0.25, 0.3) is 0 Å². The lowest BCUT2D eigenvalue weighted by molar-refractivity contribution is 0.609. The summed E-state index contributed by atoms with van der Waals surface area (Å²) in [4.78, 5) is -0.336. The number of hydrogen-bond acceptors (Lipinski definition) is 5. The minimum absolute atomic E-state index is 0.336. The summed E-state index contributed by atoms with van der Waals surface area (Å²) in [5.41, 5.74) is 2.43. The molecule has 6 nitrogen and oxygen atoms in total. The number of hydrogen-bond donors (Lipinski definition) is 0. The highest BCUT2D eigenvalue weighted by molar-refractivity contribution is 7.95. The van der Waals surface area contributed by atoms with Crippen molar-refractivity contribution in [2.75, 3.05) is 6.26 Å². The van der Waals surface area contributed by atoms with Gasteiger partial charge in [-0.15, -0.1) is 0 Å². The molecule has 2 aromatic carbocycles. The van der Waals surface area contributed by atoms with Gasteiger partial charge in [-0.05, 0) is 30.3 Å². The van der Waals surface area contributed by atoms with Crippen molar-refractivity contribution in [2.45, 2.75) is 0 Å². The van der Waals surface area contributed by atoms with Gasteiger partial charge in [-0.1, -0.05) is 36.4 Å². The Morgan fingerprint density at radius 2 is 1.86 bits per heavy atom. The second-order valence-corrected chi connectivity index (χ2v) is 8.24. The molecule has 0 amide bonds. The van der Waals surface area contributed by atoms with Crippen LogP contribution in [0.15, 0.2) is 76.2 Å². The zero-order valence-electron chi connectivity index (χ0n) is 14.9. The molecule has 0 fully saturated rings. The summed E-state index contributed by atoms with van der Waals surface area (Å²) < 4.78 is 31.3. The molecule has 0 radical (unpaired) electrons. The van der Waals surface area contributed by atoms with E-state index >= 15 is 0 Å². The predicted octanol–water partition coefficient (Wildman–Crippen LogP) is 4.19. The van der Waals surface area contributed by atoms with E-state index in [0.29, 0.717) is 22.6 Å². The Morgan fingerprint density at radius 1 is 1.14 bits per heavy atom. The average Bonchev–Trinajstić information content (AvgIpc) is 3.29. The minimum Gasteiger partial charge on any atom is -0.454 e. The van der Waals surface area contributed by atoms with Gasteiger partial charge in [-0.25, -0.2) is 13.1 Å². The molecule has 0 spiro atoms. The van der Waals surface area contributed by atoms with Crippen LogP contribution in [0.1, 0.15) is 5.56 Å². The first kappa shape index (κ1) is 17.8. The number of allylic oxidation sites excluding steroid dienone is 1. The highest BCUT2D eigenvalue weighted by Gasteiger charge is 2.18. The summed E-state index contributed by atoms with van der Waals surface area (Å²) in [5.74, 6) is 0.493. The van der Waals surface area contributed by atoms with Crippen LogP contribution in [0.2, 0.25) is 0 Å². The highest BCUT2D eigenvalue weighted by atomic mass is 32.2. The zero-order chi connectivity index (χ0) is 19.7. The zero-order valence-corrected chi connectivity index (χ0v) is 15.7. The van der Waals surface area contributed by atoms with Crippen LogP contribution >= 0.6 is 0 Å². The Bertz CT molecular complexity index is 1310. The summed E-state index contributed by atoms with van der Waals surface area (Å²) >= 11 is 0. The average molecular weight is 389 g/mol. The van der Waals surface area contributed by atoms with E-state index in [1.54, 1.807) is 16.9 Å². The first-order chi connectivity index (χ1) is 13.5. The molecule has 0 aliphatic carbocycles. The number of para-hydroxylation sites is 2. The lowest BCUT2D eigenvalue weighted by Gasteiger charge is -1.98. The molecule has 138 valence electrons. The monoisotopic (exact) mass is 389 g/mol. The minimum atomic E-state index is -3.66. The van der Waals surface area contributed by atoms with Gasteiger partial charge < -0.3 is 4.42 Å². The van der Waals surface area contributed by atoms with Crippen LogP contribution in [0.25, 0.3) is 34.2 Å². The van der Waals surface area contributed by atoms with Crippen molar-refractivity contribution in [2.24, 2.45) is 0 Å². The maximum atomic E-state index is 11.9. The number of rotatable bonds is 4. The van der Waals surface area contributed by atoms with Crippen molar-refractivity contribution < 1.29 is 12.8 Å². The summed E-state index contributed by atoms with van der Waals surface area (Å²) in [6, 6.07) is 20.6. The third kappa shape index (κ3) is 3.33. The standard InChI is InChI=1S/C21H15N3O3S/c1-28(25,26)18(13-22)11-16-14-24(17-8-3-2-4-9-17)23-21(16)20-12-15-7-5-6-10-19(15)27-20/h2-12,14H,1H3/b18-11+. The summed E-state index contributed by atoms with van der Waals surface area (Å²) in [6.45, 7) is 0. The van der Waals surface area contributed by atoms with E-state index in [-0.39, 0.29) is 4.91 Å². The van der Waals surface area contributed by atoms with Crippen molar-refractivity contribution >= 4 is 26.9 Å². The molecule has 0 aliphatic rings. The fourth-order valence-electron chi connectivity index (χ4n) is 2.86. The van der Waals surface area contributed by atoms with Gasteiger partial charge in [0.1, 0.15) is 22.3 Å². The quantitative estimate of drug-likeness (QED) is 0.488. The fourth-order valence-corrected chi connectivity index (χ4v) is 3.37. The first-order valence-corrected chi connectivity index (χ1v) is 10.3. The second kappa shape index (κ2) is 6.83. The molecule has 4 aromatic rings. The molecule has 2 aromatic heterocycles. The molecule has 0 bridgehead atoms. The van der Waals surface area contributed by atoms with Crippen LogP contribution in [-0.4, -0.2) is 24.5 Å². The molecule has 7 heteroatoms. The largest absolute Gasteiger partial charge is 0.454 e. The van der Waals surface area contributed by atoms with Crippen LogP contribution in [0.4, 0.5) is 0 Å². The Balaban J connectivity index is 1.94. The predicted molar refractivity (Wildman–Crippen MR) is 107 cm³/mol. The van der Waals surface area contributed by atoms with Gasteiger partial charge in [-0.2, -0.15) is 10.4 Å². The normalized spacial score (nSPS) is 12.2. The molecule has 4 rings (SSSR count). The van der Waals surface area contributed by atoms with E-state index in [2.05, 4.69) is 5.10 Å². The van der Waals surface area contributed by atoms with Gasteiger partial charge in [0.2, 0.25) is 0 Å². The smallest absolute Gasteiger partial charge is 0.185 e. The summed E-state index contributed by atoms with van der Waals surface area (Å²) in [5, 5.41) is 14.8. The molecular formula is C21H15N3O3S. The number of nitriles is 1. The number of benzene rings is 2. The Hall–Kier alpha value is -3.63. The molecule has 0 unspecified atom stereocenters. The Kier molecular flexibility index (Phi) is 4.34. The van der Waals surface area contributed by atoms with Crippen molar-refractivity contribution in [3.63, 3.8) is 0 Å². The fraction of sp³-hybridized carbons (Fsp3) is 0.0476. The van der Waals surface area contributed by atoms with E-state index in [0.717, 1.165) is 17.3 Å². The second-order valence-electron chi connectivity index (χ2n) is 6.25. The molecule has 28 heavy (non-hydrogen) atoms. The van der Waals surface area contributed by atoms with Gasteiger partial charge in [0.15, 0.2) is 15.6 Å². The highest BCUT2D eigenvalue weighted by Crippen LogP contribution is 2.31. The Morgan fingerprint density at radius 3 is 2.54 bits per heavy atom. The van der Waals surface area contributed by atoms with E-state index in [9.17, 15) is 13.7 Å². The van der Waals surface area contributed by atoms with E-state index in [4.69, 9.17) is 4.42 Å². The van der Waals surface area contributed by atoms with Gasteiger partial charge in [0.05, 0.1) is 5.69 Å².